The van der Waals surface area contributed by atoms with E-state index in [-0.39, 0.29) is 22.0 Å². The fraction of sp³-hybridized carbons (Fsp3) is 0.385. The number of carbonyl (C=O) groups excluding carboxylic acids is 1. The van der Waals surface area contributed by atoms with E-state index in [2.05, 4.69) is 15.9 Å². The third-order valence-electron chi connectivity index (χ3n) is 3.27. The fourth-order valence-electron chi connectivity index (χ4n) is 2.29. The van der Waals surface area contributed by atoms with Crippen molar-refractivity contribution in [3.8, 4) is 0 Å². The molecular weight excluding hydrogens is 331 g/mol. The number of halogens is 2. The second-order valence-corrected chi connectivity index (χ2v) is 5.84. The van der Waals surface area contributed by atoms with Crippen molar-refractivity contribution in [1.29, 1.82) is 0 Å². The Morgan fingerprint density at radius 3 is 2.89 bits per heavy atom. The lowest BCUT2D eigenvalue weighted by atomic mass is 10.0. The fourth-order valence-corrected chi connectivity index (χ4v) is 2.91. The number of hydrogen-bond donors (Lipinski definition) is 1. The number of amides is 1. The Balaban J connectivity index is 2.31. The normalized spacial score (nSPS) is 19.3. The number of likely N-dealkylation sites (tertiary alicyclic amines) is 1. The van der Waals surface area contributed by atoms with Crippen LogP contribution >= 0.6 is 28.1 Å². The molecule has 19 heavy (non-hydrogen) atoms. The van der Waals surface area contributed by atoms with E-state index < -0.39 is 5.82 Å². The van der Waals surface area contributed by atoms with E-state index >= 15 is 0 Å². The third kappa shape index (κ3) is 2.95. The molecule has 1 heterocycles. The van der Waals surface area contributed by atoms with E-state index in [0.717, 1.165) is 19.3 Å². The van der Waals surface area contributed by atoms with Gasteiger partial charge in [0, 0.05) is 6.54 Å². The third-order valence-corrected chi connectivity index (χ3v) is 4.16. The molecular formula is C13H14BrFN2OS. The van der Waals surface area contributed by atoms with Gasteiger partial charge in [-0.25, -0.2) is 4.39 Å². The maximum Gasteiger partial charge on any atom is 0.257 e. The van der Waals surface area contributed by atoms with Crippen LogP contribution in [0.5, 0.6) is 0 Å². The standard InChI is InChI=1S/C13H14BrFN2OS/c14-9-5-3-4-8(11(9)15)13(18)17-7-2-1-6-10(17)12(16)19/h3-5,10H,1-2,6-7H2,(H2,16,19). The van der Waals surface area contributed by atoms with Crippen molar-refractivity contribution in [3.05, 3.63) is 34.1 Å². The molecule has 1 atom stereocenters. The van der Waals surface area contributed by atoms with Gasteiger partial charge in [0.15, 0.2) is 0 Å². The van der Waals surface area contributed by atoms with Crippen molar-refractivity contribution >= 4 is 39.0 Å². The Bertz CT molecular complexity index is 523. The van der Waals surface area contributed by atoms with Crippen LogP contribution in [0.2, 0.25) is 0 Å². The molecule has 6 heteroatoms. The lowest BCUT2D eigenvalue weighted by molar-refractivity contribution is 0.0676. The number of hydrogen-bond acceptors (Lipinski definition) is 2. The maximum absolute atomic E-state index is 14.0. The summed E-state index contributed by atoms with van der Waals surface area (Å²) in [6, 6.07) is 4.41. The highest BCUT2D eigenvalue weighted by atomic mass is 79.9. The number of nitrogens with zero attached hydrogens (tertiary/aromatic N) is 1. The summed E-state index contributed by atoms with van der Waals surface area (Å²) < 4.78 is 14.3. The van der Waals surface area contributed by atoms with Crippen molar-refractivity contribution in [2.75, 3.05) is 6.54 Å². The molecule has 3 nitrogen and oxygen atoms in total. The average Bonchev–Trinajstić information content (AvgIpc) is 2.41. The zero-order valence-electron chi connectivity index (χ0n) is 10.2. The van der Waals surface area contributed by atoms with Crippen LogP contribution < -0.4 is 5.73 Å². The maximum atomic E-state index is 14.0. The highest BCUT2D eigenvalue weighted by molar-refractivity contribution is 9.10. The first-order valence-electron chi connectivity index (χ1n) is 6.06. The number of benzene rings is 1. The summed E-state index contributed by atoms with van der Waals surface area (Å²) in [5.41, 5.74) is 5.73. The van der Waals surface area contributed by atoms with Crippen molar-refractivity contribution in [2.45, 2.75) is 25.3 Å². The van der Waals surface area contributed by atoms with Crippen LogP contribution in [0.25, 0.3) is 0 Å². The first-order valence-corrected chi connectivity index (χ1v) is 7.27. The van der Waals surface area contributed by atoms with E-state index in [1.54, 1.807) is 17.0 Å². The second kappa shape index (κ2) is 5.96. The molecule has 102 valence electrons. The van der Waals surface area contributed by atoms with Gasteiger partial charge in [0.25, 0.3) is 5.91 Å². The average molecular weight is 345 g/mol. The molecule has 0 bridgehead atoms. The largest absolute Gasteiger partial charge is 0.392 e. The molecule has 1 aliphatic heterocycles. The van der Waals surface area contributed by atoms with Gasteiger partial charge in [-0.1, -0.05) is 18.3 Å². The number of nitrogens with two attached hydrogens (primary N) is 1. The van der Waals surface area contributed by atoms with Crippen LogP contribution in [-0.2, 0) is 0 Å². The molecule has 1 aliphatic rings. The molecule has 0 aliphatic carbocycles. The van der Waals surface area contributed by atoms with Gasteiger partial charge in [-0.05, 0) is 47.3 Å². The summed E-state index contributed by atoms with van der Waals surface area (Å²) in [5, 5.41) is 0. The van der Waals surface area contributed by atoms with E-state index in [1.807, 2.05) is 0 Å². The Hall–Kier alpha value is -1.01. The Morgan fingerprint density at radius 1 is 1.47 bits per heavy atom. The van der Waals surface area contributed by atoms with Crippen LogP contribution in [0.15, 0.2) is 22.7 Å². The second-order valence-electron chi connectivity index (χ2n) is 4.51. The van der Waals surface area contributed by atoms with E-state index in [9.17, 15) is 9.18 Å². The van der Waals surface area contributed by atoms with Gasteiger partial charge in [0.1, 0.15) is 5.82 Å². The van der Waals surface area contributed by atoms with Gasteiger partial charge < -0.3 is 10.6 Å². The number of piperidine rings is 1. The molecule has 1 unspecified atom stereocenters. The lowest BCUT2D eigenvalue weighted by Gasteiger charge is -2.35. The molecule has 1 fully saturated rings. The van der Waals surface area contributed by atoms with E-state index in [1.165, 1.54) is 6.07 Å². The summed E-state index contributed by atoms with van der Waals surface area (Å²) in [6.07, 6.45) is 2.62. The van der Waals surface area contributed by atoms with Crippen LogP contribution in [0, 0.1) is 5.82 Å². The van der Waals surface area contributed by atoms with E-state index in [4.69, 9.17) is 18.0 Å². The Labute approximate surface area is 125 Å². The van der Waals surface area contributed by atoms with Gasteiger partial charge in [-0.15, -0.1) is 0 Å². The first kappa shape index (κ1) is 14.4. The summed E-state index contributed by atoms with van der Waals surface area (Å²) in [4.78, 5) is 14.3. The highest BCUT2D eigenvalue weighted by Gasteiger charge is 2.30. The predicted molar refractivity (Wildman–Crippen MR) is 79.6 cm³/mol. The van der Waals surface area contributed by atoms with Crippen LogP contribution in [-0.4, -0.2) is 28.4 Å². The van der Waals surface area contributed by atoms with Gasteiger partial charge in [0.2, 0.25) is 0 Å². The molecule has 1 saturated heterocycles. The lowest BCUT2D eigenvalue weighted by Crippen LogP contribution is -2.50. The minimum atomic E-state index is -0.542. The summed E-state index contributed by atoms with van der Waals surface area (Å²) in [7, 11) is 0. The molecule has 0 radical (unpaired) electrons. The molecule has 1 aromatic carbocycles. The predicted octanol–water partition coefficient (Wildman–Crippen LogP) is 2.87. The highest BCUT2D eigenvalue weighted by Crippen LogP contribution is 2.24. The molecule has 0 aromatic heterocycles. The Kier molecular flexibility index (Phi) is 4.52. The van der Waals surface area contributed by atoms with E-state index in [0.29, 0.717) is 11.5 Å². The monoisotopic (exact) mass is 344 g/mol. The van der Waals surface area contributed by atoms with Gasteiger partial charge in [0.05, 0.1) is 21.1 Å². The minimum absolute atomic E-state index is 0.0533. The molecule has 1 amide bonds. The van der Waals surface area contributed by atoms with Crippen molar-refractivity contribution < 1.29 is 9.18 Å². The number of rotatable bonds is 2. The van der Waals surface area contributed by atoms with Crippen molar-refractivity contribution in [1.82, 2.24) is 4.90 Å². The summed E-state index contributed by atoms with van der Waals surface area (Å²) in [6.45, 7) is 0.562. The molecule has 2 rings (SSSR count). The number of thiocarbonyl (C=S) groups is 1. The summed E-state index contributed by atoms with van der Waals surface area (Å²) in [5.74, 6) is -0.893. The van der Waals surface area contributed by atoms with Gasteiger partial charge in [-0.2, -0.15) is 0 Å². The van der Waals surface area contributed by atoms with Crippen LogP contribution in [0.4, 0.5) is 4.39 Å². The minimum Gasteiger partial charge on any atom is -0.392 e. The molecule has 1 aromatic rings. The summed E-state index contributed by atoms with van der Waals surface area (Å²) >= 11 is 8.09. The quantitative estimate of drug-likeness (QED) is 0.839. The first-order chi connectivity index (χ1) is 9.02. The zero-order valence-corrected chi connectivity index (χ0v) is 12.6. The topological polar surface area (TPSA) is 46.3 Å². The SMILES string of the molecule is NC(=S)C1CCCCN1C(=O)c1cccc(Br)c1F. The number of carbonyl (C=O) groups is 1. The zero-order chi connectivity index (χ0) is 14.0. The van der Waals surface area contributed by atoms with Crippen molar-refractivity contribution in [3.63, 3.8) is 0 Å². The smallest absolute Gasteiger partial charge is 0.257 e. The molecule has 0 saturated carbocycles. The molecule has 0 spiro atoms. The molecule has 2 N–H and O–H groups in total. The van der Waals surface area contributed by atoms with Crippen LogP contribution in [0.1, 0.15) is 29.6 Å². The van der Waals surface area contributed by atoms with Crippen LogP contribution in [0.3, 0.4) is 0 Å². The van der Waals surface area contributed by atoms with Gasteiger partial charge in [-0.3, -0.25) is 4.79 Å². The van der Waals surface area contributed by atoms with Gasteiger partial charge >= 0.3 is 0 Å². The van der Waals surface area contributed by atoms with Crippen molar-refractivity contribution in [2.24, 2.45) is 5.73 Å². The Morgan fingerprint density at radius 2 is 2.21 bits per heavy atom.